The summed E-state index contributed by atoms with van der Waals surface area (Å²) in [6, 6.07) is 5.85. The van der Waals surface area contributed by atoms with Crippen LogP contribution in [0.3, 0.4) is 0 Å². The summed E-state index contributed by atoms with van der Waals surface area (Å²) in [7, 11) is 1.66. The van der Waals surface area contributed by atoms with E-state index in [-0.39, 0.29) is 6.10 Å². The van der Waals surface area contributed by atoms with E-state index in [1.54, 1.807) is 7.11 Å². The van der Waals surface area contributed by atoms with E-state index in [0.29, 0.717) is 5.92 Å². The Kier molecular flexibility index (Phi) is 3.37. The predicted octanol–water partition coefficient (Wildman–Crippen LogP) is 3.93. The van der Waals surface area contributed by atoms with Crippen molar-refractivity contribution in [3.63, 3.8) is 0 Å². The number of methoxy groups -OCH3 is 1. The van der Waals surface area contributed by atoms with Crippen LogP contribution in [0.2, 0.25) is 0 Å². The third-order valence-electron chi connectivity index (χ3n) is 4.61. The number of hydrogen-bond acceptors (Lipinski definition) is 2. The Hall–Kier alpha value is -0.540. The molecule has 0 bridgehead atoms. The van der Waals surface area contributed by atoms with Crippen LogP contribution in [-0.2, 0) is 0 Å². The van der Waals surface area contributed by atoms with Gasteiger partial charge in [0, 0.05) is 4.47 Å². The average molecular weight is 311 g/mol. The third kappa shape index (κ3) is 2.08. The Balaban J connectivity index is 1.78. The highest BCUT2D eigenvalue weighted by Gasteiger charge is 2.54. The van der Waals surface area contributed by atoms with Gasteiger partial charge < -0.3 is 9.84 Å². The molecule has 98 valence electrons. The number of aliphatic hydroxyl groups excluding tert-OH is 1. The topological polar surface area (TPSA) is 29.5 Å². The Morgan fingerprint density at radius 3 is 2.50 bits per heavy atom. The Bertz CT molecular complexity index is 434. The van der Waals surface area contributed by atoms with Crippen LogP contribution >= 0.6 is 15.9 Å². The van der Waals surface area contributed by atoms with E-state index in [1.807, 2.05) is 18.2 Å². The number of halogens is 1. The Labute approximate surface area is 116 Å². The van der Waals surface area contributed by atoms with Crippen molar-refractivity contribution in [2.45, 2.75) is 31.8 Å². The fraction of sp³-hybridized carbons (Fsp3) is 0.600. The molecule has 1 aromatic carbocycles. The van der Waals surface area contributed by atoms with Crippen molar-refractivity contribution < 1.29 is 9.84 Å². The van der Waals surface area contributed by atoms with E-state index in [1.165, 1.54) is 25.7 Å². The molecule has 3 unspecified atom stereocenters. The van der Waals surface area contributed by atoms with Crippen molar-refractivity contribution in [3.05, 3.63) is 28.2 Å². The van der Waals surface area contributed by atoms with Gasteiger partial charge in [0.25, 0.3) is 0 Å². The van der Waals surface area contributed by atoms with Crippen LogP contribution in [0.5, 0.6) is 5.75 Å². The van der Waals surface area contributed by atoms with E-state index in [9.17, 15) is 5.11 Å². The Morgan fingerprint density at radius 2 is 1.94 bits per heavy atom. The summed E-state index contributed by atoms with van der Waals surface area (Å²) in [5.41, 5.74) is 1.01. The van der Waals surface area contributed by atoms with Crippen molar-refractivity contribution in [3.8, 4) is 5.75 Å². The van der Waals surface area contributed by atoms with Crippen LogP contribution in [0, 0.1) is 17.8 Å². The van der Waals surface area contributed by atoms with Crippen LogP contribution < -0.4 is 4.74 Å². The van der Waals surface area contributed by atoms with Gasteiger partial charge >= 0.3 is 0 Å². The number of benzene rings is 1. The molecule has 3 atom stereocenters. The molecule has 2 saturated carbocycles. The maximum Gasteiger partial charge on any atom is 0.120 e. The molecule has 0 aromatic heterocycles. The summed E-state index contributed by atoms with van der Waals surface area (Å²) in [6.07, 6.45) is 4.97. The maximum absolute atomic E-state index is 10.6. The van der Waals surface area contributed by atoms with Gasteiger partial charge in [-0.1, -0.05) is 34.8 Å². The first-order valence-corrected chi connectivity index (χ1v) is 7.53. The fourth-order valence-corrected chi connectivity index (χ4v) is 4.19. The normalized spacial score (nSPS) is 31.6. The zero-order valence-electron chi connectivity index (χ0n) is 10.6. The van der Waals surface area contributed by atoms with E-state index < -0.39 is 0 Å². The zero-order valence-corrected chi connectivity index (χ0v) is 12.2. The molecule has 0 aliphatic heterocycles. The first-order valence-electron chi connectivity index (χ1n) is 6.74. The third-order valence-corrected chi connectivity index (χ3v) is 5.30. The highest BCUT2D eigenvalue weighted by atomic mass is 79.9. The molecule has 3 rings (SSSR count). The average Bonchev–Trinajstić information content (AvgIpc) is 3.12. The van der Waals surface area contributed by atoms with Gasteiger partial charge in [-0.3, -0.25) is 0 Å². The lowest BCUT2D eigenvalue weighted by molar-refractivity contribution is 0.141. The van der Waals surface area contributed by atoms with E-state index in [4.69, 9.17) is 4.74 Å². The molecule has 2 aliphatic carbocycles. The molecule has 2 nitrogen and oxygen atoms in total. The van der Waals surface area contributed by atoms with Crippen LogP contribution in [0.4, 0.5) is 0 Å². The minimum absolute atomic E-state index is 0.321. The van der Waals surface area contributed by atoms with Crippen LogP contribution in [0.1, 0.15) is 37.4 Å². The first-order chi connectivity index (χ1) is 8.72. The molecule has 1 aromatic rings. The minimum Gasteiger partial charge on any atom is -0.497 e. The quantitative estimate of drug-likeness (QED) is 0.916. The SMILES string of the molecule is COc1ccc(C(O)C2C3CCCCC32)c(Br)c1. The molecule has 0 radical (unpaired) electrons. The number of aliphatic hydroxyl groups is 1. The molecule has 0 heterocycles. The minimum atomic E-state index is -0.321. The van der Waals surface area contributed by atoms with Crippen molar-refractivity contribution in [2.24, 2.45) is 17.8 Å². The highest BCUT2D eigenvalue weighted by Crippen LogP contribution is 2.60. The van der Waals surface area contributed by atoms with Crippen molar-refractivity contribution in [1.82, 2.24) is 0 Å². The maximum atomic E-state index is 10.6. The summed E-state index contributed by atoms with van der Waals surface area (Å²) in [5.74, 6) is 2.84. The summed E-state index contributed by atoms with van der Waals surface area (Å²) in [6.45, 7) is 0. The molecule has 2 fully saturated rings. The van der Waals surface area contributed by atoms with Gasteiger partial charge in [0.15, 0.2) is 0 Å². The lowest BCUT2D eigenvalue weighted by Crippen LogP contribution is -2.03. The van der Waals surface area contributed by atoms with E-state index in [0.717, 1.165) is 27.6 Å². The van der Waals surface area contributed by atoms with E-state index >= 15 is 0 Å². The van der Waals surface area contributed by atoms with E-state index in [2.05, 4.69) is 15.9 Å². The second-order valence-electron chi connectivity index (χ2n) is 5.52. The summed E-state index contributed by atoms with van der Waals surface area (Å²) in [5, 5.41) is 10.6. The molecule has 1 N–H and O–H groups in total. The van der Waals surface area contributed by atoms with Crippen molar-refractivity contribution >= 4 is 15.9 Å². The summed E-state index contributed by atoms with van der Waals surface area (Å²) in [4.78, 5) is 0. The monoisotopic (exact) mass is 310 g/mol. The van der Waals surface area contributed by atoms with Gasteiger partial charge in [0.2, 0.25) is 0 Å². The van der Waals surface area contributed by atoms with Crippen LogP contribution in [0.15, 0.2) is 22.7 Å². The molecule has 0 saturated heterocycles. The molecule has 0 spiro atoms. The van der Waals surface area contributed by atoms with Gasteiger partial charge in [0.05, 0.1) is 13.2 Å². The number of ether oxygens (including phenoxy) is 1. The van der Waals surface area contributed by atoms with Crippen molar-refractivity contribution in [2.75, 3.05) is 7.11 Å². The number of fused-ring (bicyclic) bond motifs is 1. The van der Waals surface area contributed by atoms with Crippen LogP contribution in [-0.4, -0.2) is 12.2 Å². The lowest BCUT2D eigenvalue weighted by atomic mass is 10.0. The fourth-order valence-electron chi connectivity index (χ4n) is 3.60. The molecule has 3 heteroatoms. The molecule has 0 amide bonds. The second kappa shape index (κ2) is 4.86. The molecular formula is C15H19BrO2. The first kappa shape index (κ1) is 12.5. The Morgan fingerprint density at radius 1 is 1.28 bits per heavy atom. The molecule has 2 aliphatic rings. The highest BCUT2D eigenvalue weighted by molar-refractivity contribution is 9.10. The van der Waals surface area contributed by atoms with Gasteiger partial charge in [-0.05, 0) is 48.3 Å². The van der Waals surface area contributed by atoms with Crippen molar-refractivity contribution in [1.29, 1.82) is 0 Å². The molecular weight excluding hydrogens is 292 g/mol. The van der Waals surface area contributed by atoms with Gasteiger partial charge in [0.1, 0.15) is 5.75 Å². The van der Waals surface area contributed by atoms with Gasteiger partial charge in [-0.25, -0.2) is 0 Å². The van der Waals surface area contributed by atoms with Gasteiger partial charge in [-0.2, -0.15) is 0 Å². The number of rotatable bonds is 3. The van der Waals surface area contributed by atoms with Crippen LogP contribution in [0.25, 0.3) is 0 Å². The predicted molar refractivity (Wildman–Crippen MR) is 74.6 cm³/mol. The second-order valence-corrected chi connectivity index (χ2v) is 6.38. The summed E-state index contributed by atoms with van der Waals surface area (Å²) < 4.78 is 6.15. The molecule has 18 heavy (non-hydrogen) atoms. The standard InChI is InChI=1S/C15H19BrO2/c1-18-9-6-7-12(13(16)8-9)15(17)14-10-4-2-3-5-11(10)14/h6-8,10-11,14-15,17H,2-5H2,1H3. The lowest BCUT2D eigenvalue weighted by Gasteiger charge is -2.14. The summed E-state index contributed by atoms with van der Waals surface area (Å²) >= 11 is 3.54. The zero-order chi connectivity index (χ0) is 12.7. The van der Waals surface area contributed by atoms with Gasteiger partial charge in [-0.15, -0.1) is 0 Å². The smallest absolute Gasteiger partial charge is 0.120 e. The largest absolute Gasteiger partial charge is 0.497 e. The number of hydrogen-bond donors (Lipinski definition) is 1.